The second kappa shape index (κ2) is 9.97. The van der Waals surface area contributed by atoms with E-state index in [0.717, 1.165) is 9.54 Å². The third-order valence-corrected chi connectivity index (χ3v) is 10.5. The smallest absolute Gasteiger partial charge is 0.269 e. The monoisotopic (exact) mass is 552 g/mol. The average molecular weight is 553 g/mol. The molecule has 11 heteroatoms. The highest BCUT2D eigenvalue weighted by atomic mass is 32.2. The van der Waals surface area contributed by atoms with Gasteiger partial charge in [-0.3, -0.25) is 9.69 Å². The molecule has 38 heavy (non-hydrogen) atoms. The third kappa shape index (κ3) is 4.84. The lowest BCUT2D eigenvalue weighted by Crippen LogP contribution is -2.38. The number of nitrogens with zero attached hydrogens (tertiary/aromatic N) is 3. The van der Waals surface area contributed by atoms with E-state index in [2.05, 4.69) is 9.88 Å². The molecule has 0 unspecified atom stereocenters. The lowest BCUT2D eigenvalue weighted by molar-refractivity contribution is 0.112. The first-order valence-electron chi connectivity index (χ1n) is 12.2. The predicted molar refractivity (Wildman–Crippen MR) is 147 cm³/mol. The molecule has 0 saturated carbocycles. The molecule has 0 radical (unpaired) electrons. The van der Waals surface area contributed by atoms with Crippen molar-refractivity contribution in [3.8, 4) is 11.3 Å². The number of piperidine rings is 1. The van der Waals surface area contributed by atoms with Crippen molar-refractivity contribution in [1.82, 2.24) is 13.9 Å². The molecule has 0 aliphatic carbocycles. The van der Waals surface area contributed by atoms with Gasteiger partial charge in [-0.2, -0.15) is 0 Å². The molecule has 1 aliphatic rings. The minimum absolute atomic E-state index is 0.0964. The van der Waals surface area contributed by atoms with E-state index in [9.17, 15) is 21.6 Å². The molecule has 1 saturated heterocycles. The van der Waals surface area contributed by atoms with Crippen LogP contribution in [0.4, 0.5) is 5.69 Å². The molecule has 9 nitrogen and oxygen atoms in total. The molecule has 0 bridgehead atoms. The van der Waals surface area contributed by atoms with Gasteiger partial charge in [-0.1, -0.05) is 42.5 Å². The van der Waals surface area contributed by atoms with Crippen LogP contribution in [-0.4, -0.2) is 61.6 Å². The van der Waals surface area contributed by atoms with Gasteiger partial charge in [0.2, 0.25) is 0 Å². The Balaban J connectivity index is 1.52. The van der Waals surface area contributed by atoms with Gasteiger partial charge in [0.25, 0.3) is 10.0 Å². The first kappa shape index (κ1) is 26.1. The Kier molecular flexibility index (Phi) is 6.84. The topological polar surface area (TPSA) is 132 Å². The van der Waals surface area contributed by atoms with Gasteiger partial charge in [-0.25, -0.2) is 25.8 Å². The summed E-state index contributed by atoms with van der Waals surface area (Å²) >= 11 is 0. The number of hydrogen-bond acceptors (Lipinski definition) is 8. The van der Waals surface area contributed by atoms with E-state index < -0.39 is 19.9 Å². The van der Waals surface area contributed by atoms with Gasteiger partial charge in [-0.15, -0.1) is 0 Å². The molecular weight excluding hydrogens is 524 g/mol. The van der Waals surface area contributed by atoms with Crippen LogP contribution in [0, 0.1) is 0 Å². The summed E-state index contributed by atoms with van der Waals surface area (Å²) in [5, 5.41) is 0.0702. The van der Waals surface area contributed by atoms with E-state index >= 15 is 0 Å². The van der Waals surface area contributed by atoms with Crippen LogP contribution in [0.25, 0.3) is 22.3 Å². The van der Waals surface area contributed by atoms with Crippen molar-refractivity contribution in [2.24, 2.45) is 0 Å². The second-order valence-corrected chi connectivity index (χ2v) is 13.7. The number of hydrogen-bond donors (Lipinski definition) is 1. The lowest BCUT2D eigenvalue weighted by Gasteiger charge is -2.31. The number of benzene rings is 2. The van der Waals surface area contributed by atoms with Crippen LogP contribution in [0.5, 0.6) is 0 Å². The molecule has 3 heterocycles. The molecule has 1 aliphatic heterocycles. The summed E-state index contributed by atoms with van der Waals surface area (Å²) in [7, 11) is -7.08. The molecule has 4 aromatic rings. The van der Waals surface area contributed by atoms with Crippen LogP contribution >= 0.6 is 0 Å². The van der Waals surface area contributed by atoms with Crippen molar-refractivity contribution >= 4 is 42.9 Å². The Hall–Kier alpha value is -3.54. The minimum Gasteiger partial charge on any atom is -0.397 e. The number of carbonyl (C=O) groups is 1. The lowest BCUT2D eigenvalue weighted by atomic mass is 10.1. The molecule has 5 rings (SSSR count). The fourth-order valence-electron chi connectivity index (χ4n) is 4.97. The first-order valence-corrected chi connectivity index (χ1v) is 15.6. The highest BCUT2D eigenvalue weighted by Crippen LogP contribution is 2.34. The Morgan fingerprint density at radius 1 is 1.00 bits per heavy atom. The maximum absolute atomic E-state index is 13.8. The second-order valence-electron chi connectivity index (χ2n) is 9.60. The molecule has 2 aromatic heterocycles. The van der Waals surface area contributed by atoms with Crippen molar-refractivity contribution in [2.45, 2.75) is 29.5 Å². The van der Waals surface area contributed by atoms with Crippen LogP contribution < -0.4 is 5.73 Å². The Morgan fingerprint density at radius 3 is 2.26 bits per heavy atom. The molecule has 0 amide bonds. The molecule has 0 spiro atoms. The predicted octanol–water partition coefficient (Wildman–Crippen LogP) is 3.34. The van der Waals surface area contributed by atoms with Crippen LogP contribution in [0.2, 0.25) is 0 Å². The van der Waals surface area contributed by atoms with Gasteiger partial charge in [0.15, 0.2) is 11.9 Å². The Labute approximate surface area is 221 Å². The average Bonchev–Trinajstić information content (AvgIpc) is 3.30. The van der Waals surface area contributed by atoms with Gasteiger partial charge in [0.1, 0.15) is 9.84 Å². The summed E-state index contributed by atoms with van der Waals surface area (Å²) < 4.78 is 52.4. The molecule has 2 N–H and O–H groups in total. The molecule has 198 valence electrons. The van der Waals surface area contributed by atoms with E-state index in [4.69, 9.17) is 5.73 Å². The molecule has 0 atom stereocenters. The van der Waals surface area contributed by atoms with Crippen LogP contribution in [0.15, 0.2) is 71.8 Å². The Bertz CT molecular complexity index is 1710. The van der Waals surface area contributed by atoms with Crippen molar-refractivity contribution in [1.29, 1.82) is 0 Å². The maximum atomic E-state index is 13.8. The highest BCUT2D eigenvalue weighted by Gasteiger charge is 2.28. The molecular formula is C27H28N4O5S2. The normalized spacial score (nSPS) is 15.6. The minimum atomic E-state index is -4.05. The van der Waals surface area contributed by atoms with Crippen LogP contribution in [-0.2, 0) is 26.4 Å². The molecule has 1 fully saturated rings. The number of aromatic nitrogens is 2. The Morgan fingerprint density at radius 2 is 1.66 bits per heavy atom. The number of aldehydes is 1. The van der Waals surface area contributed by atoms with Gasteiger partial charge < -0.3 is 5.73 Å². The SMILES string of the molecule is CS(=O)(=O)C1CCN(Cc2ccc(-c3cc4c(C=O)c(N)cnc4n3S(=O)(=O)c3ccccc3)cc2)CC1. The zero-order valence-corrected chi connectivity index (χ0v) is 22.5. The van der Waals surface area contributed by atoms with E-state index in [1.807, 2.05) is 24.3 Å². The zero-order valence-electron chi connectivity index (χ0n) is 20.8. The fourth-order valence-corrected chi connectivity index (χ4v) is 7.54. The van der Waals surface area contributed by atoms with E-state index in [1.54, 1.807) is 24.3 Å². The van der Waals surface area contributed by atoms with Gasteiger partial charge in [-0.05, 0) is 55.3 Å². The number of sulfone groups is 1. The summed E-state index contributed by atoms with van der Waals surface area (Å²) in [5.41, 5.74) is 8.47. The third-order valence-electron chi connectivity index (χ3n) is 7.06. The van der Waals surface area contributed by atoms with E-state index in [1.165, 1.54) is 24.6 Å². The summed E-state index contributed by atoms with van der Waals surface area (Å²) in [4.78, 5) is 18.4. The first-order chi connectivity index (χ1) is 18.1. The highest BCUT2D eigenvalue weighted by molar-refractivity contribution is 7.91. The van der Waals surface area contributed by atoms with Crippen molar-refractivity contribution in [3.63, 3.8) is 0 Å². The number of anilines is 1. The summed E-state index contributed by atoms with van der Waals surface area (Å²) in [6.45, 7) is 2.06. The largest absolute Gasteiger partial charge is 0.397 e. The number of fused-ring (bicyclic) bond motifs is 1. The van der Waals surface area contributed by atoms with E-state index in [0.29, 0.717) is 55.4 Å². The molecule has 2 aromatic carbocycles. The zero-order chi connectivity index (χ0) is 27.1. The van der Waals surface area contributed by atoms with Crippen molar-refractivity contribution in [2.75, 3.05) is 25.1 Å². The van der Waals surface area contributed by atoms with Crippen molar-refractivity contribution < 1.29 is 21.6 Å². The summed E-state index contributed by atoms with van der Waals surface area (Å²) in [6.07, 6.45) is 4.43. The maximum Gasteiger partial charge on any atom is 0.269 e. The van der Waals surface area contributed by atoms with Crippen molar-refractivity contribution in [3.05, 3.63) is 78.0 Å². The number of nitrogen functional groups attached to an aromatic ring is 1. The van der Waals surface area contributed by atoms with Gasteiger partial charge in [0, 0.05) is 23.8 Å². The standard InChI is InChI=1S/C27H28N4O5S2/c1-37(33,34)21-11-13-30(14-12-21)17-19-7-9-20(10-8-19)26-15-23-24(18-32)25(28)16-29-27(23)31(26)38(35,36)22-5-3-2-4-6-22/h2-10,15-16,18,21H,11-14,17,28H2,1H3. The number of nitrogens with two attached hydrogens (primary N) is 1. The van der Waals surface area contributed by atoms with Gasteiger partial charge in [0.05, 0.1) is 27.7 Å². The van der Waals surface area contributed by atoms with Crippen LogP contribution in [0.3, 0.4) is 0 Å². The summed E-state index contributed by atoms with van der Waals surface area (Å²) in [5.74, 6) is 0. The number of carbonyl (C=O) groups excluding carboxylic acids is 1. The fraction of sp³-hybridized carbons (Fsp3) is 0.259. The quantitative estimate of drug-likeness (QED) is 0.345. The number of rotatable bonds is 7. The summed E-state index contributed by atoms with van der Waals surface area (Å²) in [6, 6.07) is 17.2. The number of likely N-dealkylation sites (tertiary alicyclic amines) is 1. The van der Waals surface area contributed by atoms with Gasteiger partial charge >= 0.3 is 0 Å². The van der Waals surface area contributed by atoms with E-state index in [-0.39, 0.29) is 27.0 Å². The van der Waals surface area contributed by atoms with Crippen LogP contribution in [0.1, 0.15) is 28.8 Å². The number of pyridine rings is 1.